The first-order chi connectivity index (χ1) is 38.2. The van der Waals surface area contributed by atoms with Gasteiger partial charge in [-0.25, -0.2) is 9.67 Å². The SMILES string of the molecule is CCOc1cc(N2CCC(C(=O)N3CCC(CN4CCC(COc5ccc(Nc6cc(-n7ncc8c7CC(C)(C)CC8=O)ccc6C(N)=O)cc5)CC4)CC3)CC2)ccc1Nc1ncc2c(n1)N(C)c1ccccc1C(=O)N2C. The first kappa shape index (κ1) is 53.0. The lowest BCUT2D eigenvalue weighted by atomic mass is 9.76. The monoisotopic (exact) mass is 1070 g/mol. The molecule has 79 heavy (non-hydrogen) atoms. The van der Waals surface area contributed by atoms with Gasteiger partial charge in [0.25, 0.3) is 11.8 Å². The number of para-hydroxylation sites is 1. The molecule has 4 N–H and O–H groups in total. The van der Waals surface area contributed by atoms with Gasteiger partial charge in [0, 0.05) is 76.6 Å². The van der Waals surface area contributed by atoms with Gasteiger partial charge in [-0.15, -0.1) is 0 Å². The van der Waals surface area contributed by atoms with Gasteiger partial charge in [-0.1, -0.05) is 26.0 Å². The predicted molar refractivity (Wildman–Crippen MR) is 307 cm³/mol. The summed E-state index contributed by atoms with van der Waals surface area (Å²) in [6.07, 6.45) is 10.4. The number of likely N-dealkylation sites (tertiary alicyclic amines) is 2. The summed E-state index contributed by atoms with van der Waals surface area (Å²) in [5.74, 6) is 3.33. The first-order valence-corrected chi connectivity index (χ1v) is 28.0. The summed E-state index contributed by atoms with van der Waals surface area (Å²) in [5, 5.41) is 11.3. The van der Waals surface area contributed by atoms with Gasteiger partial charge in [-0.2, -0.15) is 10.1 Å². The first-order valence-electron chi connectivity index (χ1n) is 28.0. The molecule has 4 aliphatic heterocycles. The Morgan fingerprint density at radius 2 is 1.47 bits per heavy atom. The van der Waals surface area contributed by atoms with Crippen molar-refractivity contribution < 1.29 is 28.7 Å². The number of benzene rings is 4. The van der Waals surface area contributed by atoms with Gasteiger partial charge in [0.1, 0.15) is 17.2 Å². The fourth-order valence-electron chi connectivity index (χ4n) is 12.2. The topological polar surface area (TPSA) is 197 Å². The van der Waals surface area contributed by atoms with Crippen LogP contribution in [0.1, 0.15) is 102 Å². The highest BCUT2D eigenvalue weighted by Crippen LogP contribution is 2.41. The second-order valence-corrected chi connectivity index (χ2v) is 22.8. The molecular formula is C61H72N12O6. The largest absolute Gasteiger partial charge is 0.493 e. The average Bonchev–Trinajstić information content (AvgIpc) is 4.08. The van der Waals surface area contributed by atoms with Gasteiger partial charge in [0.15, 0.2) is 11.6 Å². The Kier molecular flexibility index (Phi) is 15.0. The summed E-state index contributed by atoms with van der Waals surface area (Å²) in [7, 11) is 3.65. The molecule has 0 spiro atoms. The van der Waals surface area contributed by atoms with Gasteiger partial charge < -0.3 is 50.3 Å². The van der Waals surface area contributed by atoms with E-state index >= 15 is 0 Å². The minimum Gasteiger partial charge on any atom is -0.493 e. The lowest BCUT2D eigenvalue weighted by Gasteiger charge is -2.40. The zero-order valence-electron chi connectivity index (χ0n) is 46.0. The normalized spacial score (nSPS) is 18.1. The predicted octanol–water partition coefficient (Wildman–Crippen LogP) is 9.41. The lowest BCUT2D eigenvalue weighted by Crippen LogP contribution is -2.47. The molecule has 11 rings (SSSR count). The van der Waals surface area contributed by atoms with Crippen molar-refractivity contribution in [2.45, 2.75) is 72.1 Å². The third kappa shape index (κ3) is 11.3. The molecule has 1 aliphatic carbocycles. The molecule has 4 aromatic carbocycles. The van der Waals surface area contributed by atoms with Crippen molar-refractivity contribution in [3.8, 4) is 17.2 Å². The smallest absolute Gasteiger partial charge is 0.260 e. The molecule has 2 aromatic heterocycles. The summed E-state index contributed by atoms with van der Waals surface area (Å²) in [5.41, 5.74) is 13.4. The number of primary amides is 1. The molecule has 18 heteroatoms. The number of hydrogen-bond donors (Lipinski definition) is 3. The van der Waals surface area contributed by atoms with Crippen LogP contribution in [-0.4, -0.2) is 126 Å². The maximum atomic E-state index is 13.9. The molecule has 6 aromatic rings. The third-order valence-electron chi connectivity index (χ3n) is 16.7. The minimum atomic E-state index is -0.542. The summed E-state index contributed by atoms with van der Waals surface area (Å²) in [4.78, 5) is 72.6. The summed E-state index contributed by atoms with van der Waals surface area (Å²) in [6.45, 7) is 13.7. The van der Waals surface area contributed by atoms with Gasteiger partial charge in [-0.3, -0.25) is 19.2 Å². The maximum Gasteiger partial charge on any atom is 0.260 e. The van der Waals surface area contributed by atoms with E-state index < -0.39 is 5.91 Å². The van der Waals surface area contributed by atoms with Gasteiger partial charge in [-0.05, 0) is 149 Å². The molecule has 0 bridgehead atoms. The van der Waals surface area contributed by atoms with Gasteiger partial charge in [0.05, 0.1) is 70.7 Å². The number of carbonyl (C=O) groups is 4. The van der Waals surface area contributed by atoms with Gasteiger partial charge >= 0.3 is 0 Å². The van der Waals surface area contributed by atoms with Crippen LogP contribution in [0.25, 0.3) is 5.69 Å². The molecule has 3 amide bonds. The van der Waals surface area contributed by atoms with Crippen LogP contribution in [0.15, 0.2) is 97.3 Å². The van der Waals surface area contributed by atoms with Crippen LogP contribution in [0.3, 0.4) is 0 Å². The number of carbonyl (C=O) groups excluding carboxylic acids is 4. The summed E-state index contributed by atoms with van der Waals surface area (Å²) in [6, 6.07) is 26.8. The highest BCUT2D eigenvalue weighted by molar-refractivity contribution is 6.13. The molecule has 5 aliphatic rings. The highest BCUT2D eigenvalue weighted by atomic mass is 16.5. The fourth-order valence-corrected chi connectivity index (χ4v) is 12.2. The van der Waals surface area contributed by atoms with E-state index in [1.807, 2.05) is 85.6 Å². The Hall–Kier alpha value is -7.99. The number of nitrogens with two attached hydrogens (primary N) is 1. The quantitative estimate of drug-likeness (QED) is 0.0880. The molecular weight excluding hydrogens is 997 g/mol. The Labute approximate surface area is 462 Å². The zero-order chi connectivity index (χ0) is 55.0. The van der Waals surface area contributed by atoms with Crippen LogP contribution in [0.5, 0.6) is 11.5 Å². The lowest BCUT2D eigenvalue weighted by molar-refractivity contribution is -0.137. The second kappa shape index (κ2) is 22.4. The number of nitrogens with zero attached hydrogens (tertiary/aromatic N) is 9. The van der Waals surface area contributed by atoms with Crippen molar-refractivity contribution >= 4 is 69.4 Å². The molecule has 0 atom stereocenters. The third-order valence-corrected chi connectivity index (χ3v) is 16.7. The summed E-state index contributed by atoms with van der Waals surface area (Å²) >= 11 is 0. The van der Waals surface area contributed by atoms with E-state index in [0.29, 0.717) is 83.0 Å². The number of ketones is 1. The molecule has 3 fully saturated rings. The van der Waals surface area contributed by atoms with Crippen molar-refractivity contribution in [1.29, 1.82) is 0 Å². The van der Waals surface area contributed by atoms with Crippen LogP contribution in [0, 0.1) is 23.2 Å². The number of nitrogens with one attached hydrogen (secondary N) is 2. The molecule has 412 valence electrons. The number of hydrogen-bond acceptors (Lipinski definition) is 14. The number of rotatable bonds is 15. The number of piperidine rings is 3. The fraction of sp³-hybridized carbons (Fsp3) is 0.426. The van der Waals surface area contributed by atoms with E-state index in [2.05, 4.69) is 61.4 Å². The number of amides is 3. The average molecular weight is 1070 g/mol. The number of anilines is 8. The van der Waals surface area contributed by atoms with Crippen molar-refractivity contribution in [2.75, 3.05) is 98.5 Å². The van der Waals surface area contributed by atoms with Crippen LogP contribution in [0.4, 0.5) is 45.9 Å². The molecule has 0 radical (unpaired) electrons. The molecule has 0 saturated carbocycles. The van der Waals surface area contributed by atoms with Crippen molar-refractivity contribution in [2.24, 2.45) is 28.9 Å². The minimum absolute atomic E-state index is 0.0303. The summed E-state index contributed by atoms with van der Waals surface area (Å²) < 4.78 is 14.2. The van der Waals surface area contributed by atoms with Gasteiger partial charge in [0.2, 0.25) is 11.9 Å². The van der Waals surface area contributed by atoms with Crippen molar-refractivity contribution in [3.63, 3.8) is 0 Å². The van der Waals surface area contributed by atoms with Crippen molar-refractivity contribution in [1.82, 2.24) is 29.5 Å². The second-order valence-electron chi connectivity index (χ2n) is 22.8. The molecule has 18 nitrogen and oxygen atoms in total. The number of Topliss-reactive ketones (excluding diaryl/α,β-unsaturated/α-hetero) is 1. The van der Waals surface area contributed by atoms with E-state index in [4.69, 9.17) is 20.2 Å². The number of fused-ring (bicyclic) bond motifs is 3. The van der Waals surface area contributed by atoms with E-state index in [1.165, 1.54) is 0 Å². The van der Waals surface area contributed by atoms with E-state index in [9.17, 15) is 19.2 Å². The van der Waals surface area contributed by atoms with Crippen LogP contribution in [0.2, 0.25) is 0 Å². The molecule has 6 heterocycles. The van der Waals surface area contributed by atoms with Crippen molar-refractivity contribution in [3.05, 3.63) is 120 Å². The Bertz CT molecular complexity index is 3240. The van der Waals surface area contributed by atoms with E-state index in [1.54, 1.807) is 35.1 Å². The van der Waals surface area contributed by atoms with E-state index in [0.717, 1.165) is 131 Å². The molecule has 3 saturated heterocycles. The van der Waals surface area contributed by atoms with E-state index in [-0.39, 0.29) is 23.0 Å². The van der Waals surface area contributed by atoms with Crippen LogP contribution < -0.4 is 40.5 Å². The Balaban J connectivity index is 0.609. The highest BCUT2D eigenvalue weighted by Gasteiger charge is 2.36. The standard InChI is InChI=1S/C61H72N12O6/c1-6-78-55-32-43(14-18-49(55)66-60-63-36-53-57(67-60)68(4)51-10-8-7-9-47(51)59(77)69(53)5)71-29-23-41(24-30-71)58(76)72-27-21-39(22-28-72)37-70-25-19-40(20-26-70)38-79-45-15-11-42(12-16-45)65-50-31-44(13-17-46(50)56(62)75)73-52-33-61(2,3)34-54(74)48(52)35-64-73/h7-18,31-32,35-36,39-41,65H,6,19-30,33-34,37-38H2,1-5H3,(H2,62,75)(H,63,66,67). The maximum absolute atomic E-state index is 13.9. The zero-order valence-corrected chi connectivity index (χ0v) is 46.0. The Morgan fingerprint density at radius 1 is 0.734 bits per heavy atom. The van der Waals surface area contributed by atoms with Crippen LogP contribution >= 0.6 is 0 Å². The molecule has 0 unspecified atom stereocenters. The Morgan fingerprint density at radius 3 is 2.22 bits per heavy atom. The van der Waals surface area contributed by atoms with Crippen LogP contribution in [-0.2, 0) is 11.2 Å². The number of ether oxygens (including phenoxy) is 2. The number of aromatic nitrogens is 4.